The molecule has 0 radical (unpaired) electrons. The van der Waals surface area contributed by atoms with E-state index in [2.05, 4.69) is 12.2 Å². The number of hydrogen-bond acceptors (Lipinski definition) is 3. The van der Waals surface area contributed by atoms with Crippen LogP contribution in [0, 0.1) is 0 Å². The normalized spacial score (nSPS) is 10.2. The van der Waals surface area contributed by atoms with Gasteiger partial charge in [0, 0.05) is 16.1 Å². The first kappa shape index (κ1) is 13.5. The lowest BCUT2D eigenvalue weighted by atomic mass is 10.1. The summed E-state index contributed by atoms with van der Waals surface area (Å²) in [7, 11) is 0. The molecule has 0 aliphatic rings. The SMILES string of the molecule is CCc1ccc(C(=O)Nc2ccc(C(C)=O)cc2)s1. The summed E-state index contributed by atoms with van der Waals surface area (Å²) in [6.45, 7) is 3.58. The first-order valence-corrected chi connectivity index (χ1v) is 6.93. The minimum atomic E-state index is -0.111. The van der Waals surface area contributed by atoms with Crippen LogP contribution in [0.1, 0.15) is 38.8 Å². The van der Waals surface area contributed by atoms with Gasteiger partial charge >= 0.3 is 0 Å². The molecular formula is C15H15NO2S. The molecule has 2 aromatic rings. The molecule has 0 atom stereocenters. The number of Topliss-reactive ketones (excluding diaryl/α,β-unsaturated/α-hetero) is 1. The predicted octanol–water partition coefficient (Wildman–Crippen LogP) is 3.77. The summed E-state index contributed by atoms with van der Waals surface area (Å²) in [5, 5.41) is 2.82. The van der Waals surface area contributed by atoms with Gasteiger partial charge in [0.1, 0.15) is 0 Å². The lowest BCUT2D eigenvalue weighted by molar-refractivity contribution is 0.101. The lowest BCUT2D eigenvalue weighted by Crippen LogP contribution is -2.10. The number of thiophene rings is 1. The van der Waals surface area contributed by atoms with E-state index in [4.69, 9.17) is 0 Å². The highest BCUT2D eigenvalue weighted by Crippen LogP contribution is 2.19. The molecule has 0 bridgehead atoms. The van der Waals surface area contributed by atoms with Crippen molar-refractivity contribution in [3.8, 4) is 0 Å². The molecule has 1 amide bonds. The van der Waals surface area contributed by atoms with Gasteiger partial charge in [0.2, 0.25) is 0 Å². The predicted molar refractivity (Wildman–Crippen MR) is 78.1 cm³/mol. The van der Waals surface area contributed by atoms with E-state index in [1.807, 2.05) is 12.1 Å². The first-order valence-electron chi connectivity index (χ1n) is 6.11. The zero-order chi connectivity index (χ0) is 13.8. The zero-order valence-electron chi connectivity index (χ0n) is 10.9. The van der Waals surface area contributed by atoms with Gasteiger partial charge < -0.3 is 5.32 Å². The average Bonchev–Trinajstić information content (AvgIpc) is 2.88. The fourth-order valence-corrected chi connectivity index (χ4v) is 2.51. The van der Waals surface area contributed by atoms with E-state index < -0.39 is 0 Å². The highest BCUT2D eigenvalue weighted by Gasteiger charge is 2.09. The van der Waals surface area contributed by atoms with Crippen molar-refractivity contribution in [3.05, 3.63) is 51.7 Å². The van der Waals surface area contributed by atoms with Crippen LogP contribution < -0.4 is 5.32 Å². The topological polar surface area (TPSA) is 46.2 Å². The van der Waals surface area contributed by atoms with Crippen LogP contribution in [-0.4, -0.2) is 11.7 Å². The minimum Gasteiger partial charge on any atom is -0.321 e. The van der Waals surface area contributed by atoms with Gasteiger partial charge in [0.05, 0.1) is 4.88 Å². The van der Waals surface area contributed by atoms with E-state index >= 15 is 0 Å². The number of hydrogen-bond donors (Lipinski definition) is 1. The third-order valence-corrected chi connectivity index (χ3v) is 4.01. The number of anilines is 1. The van der Waals surface area contributed by atoms with Crippen LogP contribution in [0.4, 0.5) is 5.69 Å². The molecule has 98 valence electrons. The summed E-state index contributed by atoms with van der Waals surface area (Å²) < 4.78 is 0. The lowest BCUT2D eigenvalue weighted by Gasteiger charge is -2.04. The maximum atomic E-state index is 12.0. The van der Waals surface area contributed by atoms with Crippen LogP contribution in [0.25, 0.3) is 0 Å². The number of benzene rings is 1. The fraction of sp³-hybridized carbons (Fsp3) is 0.200. The molecule has 0 saturated carbocycles. The van der Waals surface area contributed by atoms with Gasteiger partial charge in [-0.3, -0.25) is 9.59 Å². The van der Waals surface area contributed by atoms with Crippen molar-refractivity contribution in [3.63, 3.8) is 0 Å². The van der Waals surface area contributed by atoms with E-state index in [9.17, 15) is 9.59 Å². The van der Waals surface area contributed by atoms with Gasteiger partial charge in [-0.2, -0.15) is 0 Å². The molecule has 1 heterocycles. The number of amides is 1. The van der Waals surface area contributed by atoms with Crippen molar-refractivity contribution in [2.75, 3.05) is 5.32 Å². The third-order valence-electron chi connectivity index (χ3n) is 2.78. The number of carbonyl (C=O) groups is 2. The maximum absolute atomic E-state index is 12.0. The molecule has 0 aliphatic heterocycles. The smallest absolute Gasteiger partial charge is 0.265 e. The van der Waals surface area contributed by atoms with Crippen LogP contribution >= 0.6 is 11.3 Å². The summed E-state index contributed by atoms with van der Waals surface area (Å²) in [6.07, 6.45) is 0.936. The van der Waals surface area contributed by atoms with Gasteiger partial charge in [0.15, 0.2) is 5.78 Å². The van der Waals surface area contributed by atoms with Crippen molar-refractivity contribution in [2.24, 2.45) is 0 Å². The number of rotatable bonds is 4. The number of carbonyl (C=O) groups excluding carboxylic acids is 2. The molecule has 1 N–H and O–H groups in total. The molecule has 1 aromatic carbocycles. The van der Waals surface area contributed by atoms with Gasteiger partial charge in [-0.1, -0.05) is 6.92 Å². The highest BCUT2D eigenvalue weighted by atomic mass is 32.1. The van der Waals surface area contributed by atoms with Crippen LogP contribution in [0.2, 0.25) is 0 Å². The summed E-state index contributed by atoms with van der Waals surface area (Å²) >= 11 is 1.50. The van der Waals surface area contributed by atoms with E-state index in [0.29, 0.717) is 16.1 Å². The molecule has 0 aliphatic carbocycles. The molecule has 0 unspecified atom stereocenters. The monoisotopic (exact) mass is 273 g/mol. The number of nitrogens with one attached hydrogen (secondary N) is 1. The largest absolute Gasteiger partial charge is 0.321 e. The standard InChI is InChI=1S/C15H15NO2S/c1-3-13-8-9-14(19-13)15(18)16-12-6-4-11(5-7-12)10(2)17/h4-9H,3H2,1-2H3,(H,16,18). The van der Waals surface area contributed by atoms with Crippen molar-refractivity contribution >= 4 is 28.7 Å². The van der Waals surface area contributed by atoms with Crippen LogP contribution in [0.5, 0.6) is 0 Å². The summed E-state index contributed by atoms with van der Waals surface area (Å²) in [5.74, 6) is -0.0935. The molecule has 2 rings (SSSR count). The fourth-order valence-electron chi connectivity index (χ4n) is 1.67. The Morgan fingerprint density at radius 1 is 1.11 bits per heavy atom. The summed E-state index contributed by atoms with van der Waals surface area (Å²) in [5.41, 5.74) is 1.34. The highest BCUT2D eigenvalue weighted by molar-refractivity contribution is 7.14. The Balaban J connectivity index is 2.08. The van der Waals surface area contributed by atoms with Crippen LogP contribution in [0.15, 0.2) is 36.4 Å². The summed E-state index contributed by atoms with van der Waals surface area (Å²) in [4.78, 5) is 25.0. The second kappa shape index (κ2) is 5.80. The Morgan fingerprint density at radius 2 is 1.79 bits per heavy atom. The molecule has 0 saturated heterocycles. The van der Waals surface area contributed by atoms with Gasteiger partial charge in [-0.05, 0) is 49.7 Å². The van der Waals surface area contributed by atoms with Crippen molar-refractivity contribution in [2.45, 2.75) is 20.3 Å². The Kier molecular flexibility index (Phi) is 4.12. The van der Waals surface area contributed by atoms with E-state index in [1.165, 1.54) is 23.1 Å². The Labute approximate surface area is 116 Å². The Hall–Kier alpha value is -1.94. The van der Waals surface area contributed by atoms with Crippen molar-refractivity contribution < 1.29 is 9.59 Å². The van der Waals surface area contributed by atoms with Crippen LogP contribution in [-0.2, 0) is 6.42 Å². The number of ketones is 1. The second-order valence-corrected chi connectivity index (χ2v) is 5.38. The van der Waals surface area contributed by atoms with E-state index in [0.717, 1.165) is 6.42 Å². The Morgan fingerprint density at radius 3 is 2.32 bits per heavy atom. The van der Waals surface area contributed by atoms with Gasteiger partial charge in [-0.25, -0.2) is 0 Å². The number of aryl methyl sites for hydroxylation is 1. The summed E-state index contributed by atoms with van der Waals surface area (Å²) in [6, 6.07) is 10.7. The molecule has 0 fully saturated rings. The maximum Gasteiger partial charge on any atom is 0.265 e. The zero-order valence-corrected chi connectivity index (χ0v) is 11.7. The second-order valence-electron chi connectivity index (χ2n) is 4.21. The minimum absolute atomic E-state index is 0.0173. The molecule has 1 aromatic heterocycles. The molecular weight excluding hydrogens is 258 g/mol. The van der Waals surface area contributed by atoms with Crippen molar-refractivity contribution in [1.29, 1.82) is 0 Å². The van der Waals surface area contributed by atoms with E-state index in [1.54, 1.807) is 24.3 Å². The Bertz CT molecular complexity index is 599. The van der Waals surface area contributed by atoms with E-state index in [-0.39, 0.29) is 11.7 Å². The van der Waals surface area contributed by atoms with Gasteiger partial charge in [0.25, 0.3) is 5.91 Å². The molecule has 19 heavy (non-hydrogen) atoms. The quantitative estimate of drug-likeness (QED) is 0.862. The molecule has 0 spiro atoms. The van der Waals surface area contributed by atoms with Gasteiger partial charge in [-0.15, -0.1) is 11.3 Å². The average molecular weight is 273 g/mol. The van der Waals surface area contributed by atoms with Crippen LogP contribution in [0.3, 0.4) is 0 Å². The molecule has 4 heteroatoms. The van der Waals surface area contributed by atoms with Crippen molar-refractivity contribution in [1.82, 2.24) is 0 Å². The first-order chi connectivity index (χ1) is 9.10. The third kappa shape index (κ3) is 3.29. The molecule has 3 nitrogen and oxygen atoms in total.